The molecule has 0 unspecified atom stereocenters. The van der Waals surface area contributed by atoms with Crippen LogP contribution in [0.4, 0.5) is 8.78 Å². The maximum Gasteiger partial charge on any atom is 0.264 e. The number of fused-ring (bicyclic) bond motifs is 12. The number of hydrogen-bond acceptors (Lipinski definition) is 4. The third-order valence-corrected chi connectivity index (χ3v) is 11.4. The zero-order valence-electron chi connectivity index (χ0n) is 26.8. The van der Waals surface area contributed by atoms with E-state index in [0.29, 0.717) is 87.2 Å². The van der Waals surface area contributed by atoms with Crippen LogP contribution in [-0.2, 0) is 0 Å². The Hall–Kier alpha value is -7.06. The molecule has 4 heterocycles. The quantitative estimate of drug-likeness (QED) is 0.119. The van der Waals surface area contributed by atoms with Gasteiger partial charge in [-0.25, -0.2) is 18.7 Å². The second-order valence-electron chi connectivity index (χ2n) is 13.9. The number of benzene rings is 9. The van der Waals surface area contributed by atoms with Crippen LogP contribution in [0.15, 0.2) is 119 Å². The fraction of sp³-hybridized carbons (Fsp3) is 0. The van der Waals surface area contributed by atoms with Gasteiger partial charge in [-0.15, -0.1) is 0 Å². The predicted octanol–water partition coefficient (Wildman–Crippen LogP) is 9.83. The molecule has 0 aliphatic rings. The lowest BCUT2D eigenvalue weighted by Gasteiger charge is -2.19. The van der Waals surface area contributed by atoms with Crippen LogP contribution in [0.1, 0.15) is 0 Å². The molecule has 8 heteroatoms. The number of aromatic nitrogens is 4. The van der Waals surface area contributed by atoms with Crippen molar-refractivity contribution in [3.63, 3.8) is 0 Å². The molecule has 0 saturated heterocycles. The highest BCUT2D eigenvalue weighted by molar-refractivity contribution is 6.41. The van der Waals surface area contributed by atoms with Gasteiger partial charge in [-0.3, -0.25) is 18.4 Å². The molecule has 0 fully saturated rings. The molecule has 0 aliphatic carbocycles. The Morgan fingerprint density at radius 3 is 1.21 bits per heavy atom. The van der Waals surface area contributed by atoms with Gasteiger partial charge in [0.2, 0.25) is 0 Å². The molecule has 0 saturated carbocycles. The van der Waals surface area contributed by atoms with E-state index in [1.807, 2.05) is 72.8 Å². The fourth-order valence-electron chi connectivity index (χ4n) is 9.26. The van der Waals surface area contributed by atoms with Gasteiger partial charge in [0.05, 0.1) is 22.1 Å². The number of pyridine rings is 2. The van der Waals surface area contributed by atoms with E-state index >= 15 is 8.78 Å². The van der Waals surface area contributed by atoms with E-state index in [-0.39, 0.29) is 21.9 Å². The van der Waals surface area contributed by atoms with Gasteiger partial charge in [0.15, 0.2) is 0 Å². The van der Waals surface area contributed by atoms with Crippen molar-refractivity contribution in [2.75, 3.05) is 0 Å². The Balaban J connectivity index is 1.24. The third-order valence-electron chi connectivity index (χ3n) is 11.4. The van der Waals surface area contributed by atoms with Crippen LogP contribution in [0, 0.1) is 11.6 Å². The second-order valence-corrected chi connectivity index (χ2v) is 13.9. The molecule has 52 heavy (non-hydrogen) atoms. The molecule has 0 N–H and O–H groups in total. The average molecular weight is 673 g/mol. The first kappa shape index (κ1) is 26.8. The van der Waals surface area contributed by atoms with E-state index < -0.39 is 11.6 Å². The van der Waals surface area contributed by atoms with Crippen LogP contribution < -0.4 is 11.1 Å². The van der Waals surface area contributed by atoms with Crippen LogP contribution in [0.2, 0.25) is 0 Å². The highest BCUT2D eigenvalue weighted by Crippen LogP contribution is 2.47. The molecule has 240 valence electrons. The topological polar surface area (TPSA) is 68.7 Å². The van der Waals surface area contributed by atoms with Gasteiger partial charge in [0.25, 0.3) is 11.1 Å². The fourth-order valence-corrected chi connectivity index (χ4v) is 9.26. The van der Waals surface area contributed by atoms with E-state index in [1.54, 1.807) is 33.1 Å². The second kappa shape index (κ2) is 8.62. The minimum absolute atomic E-state index is 0.270. The zero-order valence-corrected chi connectivity index (χ0v) is 26.8. The molecule has 0 bridgehead atoms. The highest BCUT2D eigenvalue weighted by atomic mass is 19.1. The van der Waals surface area contributed by atoms with Gasteiger partial charge in [-0.1, -0.05) is 60.7 Å². The van der Waals surface area contributed by atoms with Crippen LogP contribution in [-0.4, -0.2) is 18.8 Å². The number of hydrogen-bond donors (Lipinski definition) is 0. The van der Waals surface area contributed by atoms with E-state index in [9.17, 15) is 9.59 Å². The van der Waals surface area contributed by atoms with E-state index in [4.69, 9.17) is 9.97 Å². The van der Waals surface area contributed by atoms with Crippen LogP contribution >= 0.6 is 0 Å². The van der Waals surface area contributed by atoms with E-state index in [1.165, 1.54) is 12.1 Å². The summed E-state index contributed by atoms with van der Waals surface area (Å²) < 4.78 is 37.0. The van der Waals surface area contributed by atoms with Crippen LogP contribution in [0.3, 0.4) is 0 Å². The zero-order chi connectivity index (χ0) is 34.3. The molecule has 0 atom stereocenters. The molecule has 9 aromatic carbocycles. The number of rotatable bonds is 0. The summed E-state index contributed by atoms with van der Waals surface area (Å²) in [5.41, 5.74) is 2.66. The number of nitrogens with zero attached hydrogens (tertiary/aromatic N) is 4. The summed E-state index contributed by atoms with van der Waals surface area (Å²) in [7, 11) is 0. The number of halogens is 2. The molecular weight excluding hydrogens is 655 g/mol. The average Bonchev–Trinajstić information content (AvgIpc) is 3.72. The highest BCUT2D eigenvalue weighted by Gasteiger charge is 2.27. The molecule has 0 spiro atoms. The van der Waals surface area contributed by atoms with Crippen LogP contribution in [0.5, 0.6) is 0 Å². The summed E-state index contributed by atoms with van der Waals surface area (Å²) in [4.78, 5) is 38.5. The summed E-state index contributed by atoms with van der Waals surface area (Å²) in [6.45, 7) is 0. The largest absolute Gasteiger partial charge is 0.268 e. The summed E-state index contributed by atoms with van der Waals surface area (Å²) in [6, 6.07) is 33.2. The minimum atomic E-state index is -0.521. The van der Waals surface area contributed by atoms with Gasteiger partial charge in [0, 0.05) is 53.9 Å². The summed E-state index contributed by atoms with van der Waals surface area (Å²) >= 11 is 0. The van der Waals surface area contributed by atoms with Crippen molar-refractivity contribution in [3.8, 4) is 0 Å². The first-order valence-corrected chi connectivity index (χ1v) is 17.0. The molecule has 0 aliphatic heterocycles. The molecule has 6 nitrogen and oxygen atoms in total. The minimum Gasteiger partial charge on any atom is -0.268 e. The lowest BCUT2D eigenvalue weighted by molar-refractivity contribution is 0.641. The molecule has 13 aromatic rings. The van der Waals surface area contributed by atoms with Gasteiger partial charge in [-0.2, -0.15) is 0 Å². The Bertz CT molecular complexity index is 3690. The molecular formula is C44H18F2N4O2. The molecule has 4 aromatic heterocycles. The van der Waals surface area contributed by atoms with Crippen molar-refractivity contribution < 1.29 is 8.78 Å². The van der Waals surface area contributed by atoms with Crippen molar-refractivity contribution in [3.05, 3.63) is 142 Å². The first-order valence-electron chi connectivity index (χ1n) is 17.0. The van der Waals surface area contributed by atoms with Crippen molar-refractivity contribution in [2.45, 2.75) is 0 Å². The van der Waals surface area contributed by atoms with E-state index in [0.717, 1.165) is 21.5 Å². The Morgan fingerprint density at radius 1 is 0.404 bits per heavy atom. The van der Waals surface area contributed by atoms with Crippen LogP contribution in [0.25, 0.3) is 120 Å². The lowest BCUT2D eigenvalue weighted by atomic mass is 9.85. The Labute approximate surface area is 288 Å². The van der Waals surface area contributed by atoms with Crippen molar-refractivity contribution >= 4 is 120 Å². The number of imidazole rings is 2. The third kappa shape index (κ3) is 2.92. The Kier molecular flexibility index (Phi) is 4.44. The normalized spacial score (nSPS) is 13.0. The smallest absolute Gasteiger partial charge is 0.264 e. The molecule has 0 radical (unpaired) electrons. The van der Waals surface area contributed by atoms with Crippen molar-refractivity contribution in [2.24, 2.45) is 0 Å². The first-order chi connectivity index (χ1) is 25.4. The predicted molar refractivity (Wildman–Crippen MR) is 205 cm³/mol. The van der Waals surface area contributed by atoms with Crippen molar-refractivity contribution in [1.29, 1.82) is 0 Å². The van der Waals surface area contributed by atoms with E-state index in [2.05, 4.69) is 0 Å². The SMILES string of the molecule is O=c1c2ccc3c4c(F)cc5c6c(ccc(c7c(F)cc(c2c37)c2nc3cc7ccccc7cc3n12)c46)c(=O)n1c2cc3ccccc3cc2nc51. The van der Waals surface area contributed by atoms with Crippen molar-refractivity contribution in [1.82, 2.24) is 18.8 Å². The summed E-state index contributed by atoms with van der Waals surface area (Å²) in [6.07, 6.45) is 0. The molecule has 0 amide bonds. The summed E-state index contributed by atoms with van der Waals surface area (Å²) in [5, 5.41) is 9.06. The summed E-state index contributed by atoms with van der Waals surface area (Å²) in [5.74, 6) is -1.04. The standard InChI is InChI=1S/C44H18F2N4O2/c45-29-17-27-35-25(43(51)49-33-15-21-7-3-1-5-19(21)13-31(33)47-41(27)49)11-9-23-38-30(46)18-28-36-26(12-10-24(40(36)38)37(29)39(23)35)44(52)50-34-16-22-8-4-2-6-20(22)14-32(34)48-42(28)50/h1-18H. The maximum absolute atomic E-state index is 16.9. The van der Waals surface area contributed by atoms with Gasteiger partial charge >= 0.3 is 0 Å². The molecule has 13 rings (SSSR count). The Morgan fingerprint density at radius 2 is 0.788 bits per heavy atom. The van der Waals surface area contributed by atoms with Gasteiger partial charge < -0.3 is 0 Å². The van der Waals surface area contributed by atoms with Gasteiger partial charge in [-0.05, 0) is 80.8 Å². The van der Waals surface area contributed by atoms with Gasteiger partial charge in [0.1, 0.15) is 22.9 Å². The maximum atomic E-state index is 16.9. The lowest BCUT2D eigenvalue weighted by Crippen LogP contribution is -2.14. The monoisotopic (exact) mass is 672 g/mol.